The number of pyridine rings is 1. The average molecular weight is 201 g/mol. The van der Waals surface area contributed by atoms with E-state index in [4.69, 9.17) is 0 Å². The quantitative estimate of drug-likeness (QED) is 0.512. The average Bonchev–Trinajstić information content (AvgIpc) is 2.75. The van der Waals surface area contributed by atoms with E-state index < -0.39 is 0 Å². The number of aromatic nitrogens is 5. The second-order valence-corrected chi connectivity index (χ2v) is 3.21. The van der Waals surface area contributed by atoms with Gasteiger partial charge in [-0.15, -0.1) is 0 Å². The number of aryl methyl sites for hydroxylation is 1. The molecular weight excluding hydrogens is 194 g/mol. The molecule has 3 aromatic heterocycles. The molecule has 6 nitrogen and oxygen atoms in total. The summed E-state index contributed by atoms with van der Waals surface area (Å²) in [7, 11) is 1.67. The van der Waals surface area contributed by atoms with Gasteiger partial charge in [-0.2, -0.15) is 14.6 Å². The van der Waals surface area contributed by atoms with Crippen molar-refractivity contribution in [1.29, 1.82) is 0 Å². The lowest BCUT2D eigenvalue weighted by Crippen LogP contribution is -2.20. The first-order chi connectivity index (χ1) is 7.29. The highest BCUT2D eigenvalue weighted by atomic mass is 16.1. The molecule has 0 amide bonds. The molecule has 3 heterocycles. The monoisotopic (exact) mass is 201 g/mol. The van der Waals surface area contributed by atoms with Crippen molar-refractivity contribution in [3.8, 4) is 0 Å². The maximum absolute atomic E-state index is 11.9. The molecule has 0 N–H and O–H groups in total. The highest BCUT2D eigenvalue weighted by Gasteiger charge is 2.09. The first kappa shape index (κ1) is 8.10. The van der Waals surface area contributed by atoms with E-state index in [1.54, 1.807) is 29.9 Å². The summed E-state index contributed by atoms with van der Waals surface area (Å²) in [5, 5.41) is 4.57. The van der Waals surface area contributed by atoms with Gasteiger partial charge in [0.1, 0.15) is 6.33 Å². The SMILES string of the molecule is Cn1c(=O)c2cccnc2n2ncnc12. The van der Waals surface area contributed by atoms with Crippen LogP contribution < -0.4 is 5.56 Å². The Balaban J connectivity index is 2.77. The van der Waals surface area contributed by atoms with E-state index in [0.717, 1.165) is 0 Å². The molecule has 0 aliphatic rings. The Bertz CT molecular complexity index is 711. The van der Waals surface area contributed by atoms with Gasteiger partial charge in [0, 0.05) is 13.2 Å². The fourth-order valence-electron chi connectivity index (χ4n) is 1.62. The lowest BCUT2D eigenvalue weighted by molar-refractivity contribution is 0.834. The molecular formula is C9H7N5O. The van der Waals surface area contributed by atoms with Gasteiger partial charge in [0.15, 0.2) is 5.65 Å². The van der Waals surface area contributed by atoms with E-state index in [1.807, 2.05) is 0 Å². The third-order valence-electron chi connectivity index (χ3n) is 2.35. The minimum atomic E-state index is -0.112. The molecule has 15 heavy (non-hydrogen) atoms. The van der Waals surface area contributed by atoms with Crippen molar-refractivity contribution in [2.24, 2.45) is 7.05 Å². The van der Waals surface area contributed by atoms with Gasteiger partial charge in [-0.25, -0.2) is 4.98 Å². The number of hydrogen-bond acceptors (Lipinski definition) is 4. The van der Waals surface area contributed by atoms with E-state index in [1.165, 1.54) is 10.9 Å². The number of nitrogens with zero attached hydrogens (tertiary/aromatic N) is 5. The number of fused-ring (bicyclic) bond motifs is 3. The predicted molar refractivity (Wildman–Crippen MR) is 53.5 cm³/mol. The third kappa shape index (κ3) is 0.927. The van der Waals surface area contributed by atoms with Crippen LogP contribution in [-0.4, -0.2) is 24.1 Å². The highest BCUT2D eigenvalue weighted by Crippen LogP contribution is 2.06. The van der Waals surface area contributed by atoms with Gasteiger partial charge in [0.2, 0.25) is 5.78 Å². The summed E-state index contributed by atoms with van der Waals surface area (Å²) < 4.78 is 3.01. The summed E-state index contributed by atoms with van der Waals surface area (Å²) >= 11 is 0. The standard InChI is InChI=1S/C9H7N5O/c1-13-8(15)6-3-2-4-10-7(6)14-9(13)11-5-12-14/h2-5H,1H3. The maximum Gasteiger partial charge on any atom is 0.264 e. The Morgan fingerprint density at radius 3 is 3.07 bits per heavy atom. The molecule has 6 heteroatoms. The van der Waals surface area contributed by atoms with Crippen LogP contribution in [0.1, 0.15) is 0 Å². The summed E-state index contributed by atoms with van der Waals surface area (Å²) in [6, 6.07) is 3.46. The van der Waals surface area contributed by atoms with Crippen LogP contribution in [0.15, 0.2) is 29.5 Å². The molecule has 0 fully saturated rings. The van der Waals surface area contributed by atoms with Crippen LogP contribution in [0.2, 0.25) is 0 Å². The van der Waals surface area contributed by atoms with Crippen LogP contribution in [0.5, 0.6) is 0 Å². The third-order valence-corrected chi connectivity index (χ3v) is 2.35. The minimum Gasteiger partial charge on any atom is -0.279 e. The second-order valence-electron chi connectivity index (χ2n) is 3.21. The molecule has 0 atom stereocenters. The first-order valence-electron chi connectivity index (χ1n) is 4.42. The van der Waals surface area contributed by atoms with E-state index in [9.17, 15) is 4.79 Å². The normalized spacial score (nSPS) is 11.3. The molecule has 3 aromatic rings. The zero-order chi connectivity index (χ0) is 10.4. The molecule has 74 valence electrons. The highest BCUT2D eigenvalue weighted by molar-refractivity contribution is 5.75. The van der Waals surface area contributed by atoms with Gasteiger partial charge >= 0.3 is 0 Å². The predicted octanol–water partition coefficient (Wildman–Crippen LogP) is -0.0238. The van der Waals surface area contributed by atoms with Crippen molar-refractivity contribution in [2.45, 2.75) is 0 Å². The zero-order valence-electron chi connectivity index (χ0n) is 7.95. The molecule has 3 rings (SSSR count). The zero-order valence-corrected chi connectivity index (χ0v) is 7.95. The Morgan fingerprint density at radius 1 is 1.33 bits per heavy atom. The molecule has 0 unspecified atom stereocenters. The molecule has 0 aliphatic heterocycles. The van der Waals surface area contributed by atoms with Crippen molar-refractivity contribution >= 4 is 16.8 Å². The van der Waals surface area contributed by atoms with Gasteiger partial charge in [-0.1, -0.05) is 0 Å². The van der Waals surface area contributed by atoms with Crippen LogP contribution in [0.4, 0.5) is 0 Å². The van der Waals surface area contributed by atoms with Crippen molar-refractivity contribution in [3.05, 3.63) is 35.0 Å². The van der Waals surface area contributed by atoms with Gasteiger partial charge in [-0.3, -0.25) is 9.36 Å². The van der Waals surface area contributed by atoms with Gasteiger partial charge in [-0.05, 0) is 12.1 Å². The first-order valence-corrected chi connectivity index (χ1v) is 4.42. The second kappa shape index (κ2) is 2.63. The van der Waals surface area contributed by atoms with E-state index in [2.05, 4.69) is 15.1 Å². The van der Waals surface area contributed by atoms with E-state index in [0.29, 0.717) is 16.8 Å². The minimum absolute atomic E-state index is 0.112. The van der Waals surface area contributed by atoms with Gasteiger partial charge in [0.05, 0.1) is 5.39 Å². The summed E-state index contributed by atoms with van der Waals surface area (Å²) in [5.74, 6) is 0.492. The summed E-state index contributed by atoms with van der Waals surface area (Å²) in [4.78, 5) is 20.0. The molecule has 0 spiro atoms. The van der Waals surface area contributed by atoms with Crippen molar-refractivity contribution in [3.63, 3.8) is 0 Å². The fourth-order valence-corrected chi connectivity index (χ4v) is 1.62. The molecule has 0 saturated heterocycles. The Labute approximate surface area is 83.8 Å². The van der Waals surface area contributed by atoms with Crippen LogP contribution >= 0.6 is 0 Å². The molecule has 0 saturated carbocycles. The summed E-state index contributed by atoms with van der Waals surface area (Å²) in [6.45, 7) is 0. The van der Waals surface area contributed by atoms with Gasteiger partial charge in [0.25, 0.3) is 5.56 Å². The largest absolute Gasteiger partial charge is 0.279 e. The molecule has 0 bridgehead atoms. The van der Waals surface area contributed by atoms with E-state index in [-0.39, 0.29) is 5.56 Å². The Kier molecular flexibility index (Phi) is 1.42. The van der Waals surface area contributed by atoms with Crippen molar-refractivity contribution < 1.29 is 0 Å². The topological polar surface area (TPSA) is 65.1 Å². The fraction of sp³-hybridized carbons (Fsp3) is 0.111. The summed E-state index contributed by atoms with van der Waals surface area (Å²) in [5.41, 5.74) is 0.423. The van der Waals surface area contributed by atoms with Crippen LogP contribution in [0.25, 0.3) is 16.8 Å². The Hall–Kier alpha value is -2.24. The maximum atomic E-state index is 11.9. The smallest absolute Gasteiger partial charge is 0.264 e. The molecule has 0 radical (unpaired) electrons. The summed E-state index contributed by atoms with van der Waals surface area (Å²) in [6.07, 6.45) is 3.03. The molecule has 0 aromatic carbocycles. The van der Waals surface area contributed by atoms with Crippen molar-refractivity contribution in [1.82, 2.24) is 24.1 Å². The Morgan fingerprint density at radius 2 is 2.20 bits per heavy atom. The number of hydrogen-bond donors (Lipinski definition) is 0. The van der Waals surface area contributed by atoms with Crippen LogP contribution in [0.3, 0.4) is 0 Å². The van der Waals surface area contributed by atoms with Crippen LogP contribution in [-0.2, 0) is 7.05 Å². The van der Waals surface area contributed by atoms with Crippen LogP contribution in [0, 0.1) is 0 Å². The lowest BCUT2D eigenvalue weighted by Gasteiger charge is -2.02. The number of rotatable bonds is 0. The van der Waals surface area contributed by atoms with Gasteiger partial charge < -0.3 is 0 Å². The van der Waals surface area contributed by atoms with E-state index >= 15 is 0 Å². The lowest BCUT2D eigenvalue weighted by atomic mass is 10.3. The van der Waals surface area contributed by atoms with Crippen molar-refractivity contribution in [2.75, 3.05) is 0 Å². The molecule has 0 aliphatic carbocycles.